The molecule has 0 saturated carbocycles. The summed E-state index contributed by atoms with van der Waals surface area (Å²) in [6, 6.07) is 5.65. The summed E-state index contributed by atoms with van der Waals surface area (Å²) in [7, 11) is 0. The lowest BCUT2D eigenvalue weighted by molar-refractivity contribution is -0.124. The summed E-state index contributed by atoms with van der Waals surface area (Å²) in [4.78, 5) is 32.6. The van der Waals surface area contributed by atoms with Crippen LogP contribution in [0.25, 0.3) is 22.3 Å². The highest BCUT2D eigenvalue weighted by molar-refractivity contribution is 5.86. The number of nitrogens with one attached hydrogen (secondary N) is 2. The molecule has 2 aromatic heterocycles. The van der Waals surface area contributed by atoms with Gasteiger partial charge in [-0.1, -0.05) is 11.6 Å². The van der Waals surface area contributed by atoms with Crippen LogP contribution in [-0.4, -0.2) is 27.0 Å². The molecular weight excluding hydrogens is 328 g/mol. The third-order valence-corrected chi connectivity index (χ3v) is 5.04. The van der Waals surface area contributed by atoms with E-state index < -0.39 is 0 Å². The van der Waals surface area contributed by atoms with Gasteiger partial charge in [0.15, 0.2) is 0 Å². The van der Waals surface area contributed by atoms with Crippen molar-refractivity contribution in [2.24, 2.45) is 0 Å². The minimum atomic E-state index is -0.329. The molecule has 0 spiro atoms. The maximum atomic E-state index is 12.7. The minimum Gasteiger partial charge on any atom is -0.354 e. The number of aryl methyl sites for hydroxylation is 2. The van der Waals surface area contributed by atoms with E-state index in [1.165, 1.54) is 0 Å². The monoisotopic (exact) mass is 350 g/mol. The summed E-state index contributed by atoms with van der Waals surface area (Å²) < 4.78 is 1.83. The van der Waals surface area contributed by atoms with Gasteiger partial charge in [-0.25, -0.2) is 4.98 Å². The van der Waals surface area contributed by atoms with E-state index in [9.17, 15) is 9.59 Å². The van der Waals surface area contributed by atoms with Gasteiger partial charge in [0, 0.05) is 18.9 Å². The number of hydrogen-bond acceptors (Lipinski definition) is 3. The number of rotatable bonds is 2. The number of H-pyrrole nitrogens is 1. The summed E-state index contributed by atoms with van der Waals surface area (Å²) in [5, 5.41) is 3.92. The van der Waals surface area contributed by atoms with Crippen LogP contribution < -0.4 is 10.9 Å². The van der Waals surface area contributed by atoms with E-state index in [0.717, 1.165) is 41.3 Å². The van der Waals surface area contributed by atoms with Gasteiger partial charge in [0.25, 0.3) is 5.56 Å². The van der Waals surface area contributed by atoms with Crippen molar-refractivity contribution in [2.75, 3.05) is 6.54 Å². The summed E-state index contributed by atoms with van der Waals surface area (Å²) in [6.07, 6.45) is 6.13. The number of nitrogens with zero attached hydrogens (tertiary/aromatic N) is 2. The molecule has 1 amide bonds. The number of carbonyl (C=O) groups is 1. The molecule has 1 unspecified atom stereocenters. The van der Waals surface area contributed by atoms with Crippen molar-refractivity contribution in [2.45, 2.75) is 39.2 Å². The van der Waals surface area contributed by atoms with E-state index in [4.69, 9.17) is 0 Å². The van der Waals surface area contributed by atoms with Crippen LogP contribution in [0.5, 0.6) is 0 Å². The van der Waals surface area contributed by atoms with Gasteiger partial charge in [-0.3, -0.25) is 9.59 Å². The third kappa shape index (κ3) is 2.81. The molecule has 0 aliphatic carbocycles. The lowest BCUT2D eigenvalue weighted by atomic mass is 10.0. The van der Waals surface area contributed by atoms with Crippen molar-refractivity contribution in [1.82, 2.24) is 19.9 Å². The smallest absolute Gasteiger partial charge is 0.259 e. The van der Waals surface area contributed by atoms with Crippen molar-refractivity contribution in [1.29, 1.82) is 0 Å². The fraction of sp³-hybridized carbons (Fsp3) is 0.350. The number of pyridine rings is 1. The van der Waals surface area contributed by atoms with Gasteiger partial charge in [0.05, 0.1) is 11.1 Å². The molecule has 4 rings (SSSR count). The highest BCUT2D eigenvalue weighted by Crippen LogP contribution is 2.26. The maximum Gasteiger partial charge on any atom is 0.259 e. The molecular formula is C20H22N4O2. The highest BCUT2D eigenvalue weighted by atomic mass is 16.2. The second-order valence-corrected chi connectivity index (χ2v) is 7.02. The number of fused-ring (bicyclic) bond motifs is 1. The Morgan fingerprint density at radius 2 is 2.00 bits per heavy atom. The number of aromatic nitrogens is 3. The standard InChI is InChI=1S/C20H22N4O2/c1-12-9-13(2)17-14(10-12)11-15(19(25)23-17)18-21-7-8-24(18)16-5-3-4-6-22-20(16)26/h7-11,16H,3-6H2,1-2H3,(H,22,26)(H,23,25). The van der Waals surface area contributed by atoms with E-state index in [1.807, 2.05) is 30.5 Å². The van der Waals surface area contributed by atoms with Crippen LogP contribution >= 0.6 is 0 Å². The first-order chi connectivity index (χ1) is 12.5. The van der Waals surface area contributed by atoms with E-state index in [-0.39, 0.29) is 17.5 Å². The van der Waals surface area contributed by atoms with Crippen LogP contribution in [-0.2, 0) is 4.79 Å². The summed E-state index contributed by atoms with van der Waals surface area (Å²) in [5.74, 6) is 0.528. The molecule has 1 fully saturated rings. The number of aromatic amines is 1. The SMILES string of the molecule is Cc1cc(C)c2[nH]c(=O)c(-c3nccn3C3CCCCNC3=O)cc2c1. The number of amides is 1. The molecule has 3 heterocycles. The van der Waals surface area contributed by atoms with E-state index in [1.54, 1.807) is 12.4 Å². The van der Waals surface area contributed by atoms with Gasteiger partial charge in [0.1, 0.15) is 11.9 Å². The van der Waals surface area contributed by atoms with Crippen molar-refractivity contribution in [3.05, 3.63) is 52.1 Å². The first-order valence-electron chi connectivity index (χ1n) is 9.00. The fourth-order valence-electron chi connectivity index (χ4n) is 3.81. The fourth-order valence-corrected chi connectivity index (χ4v) is 3.81. The largest absolute Gasteiger partial charge is 0.354 e. The van der Waals surface area contributed by atoms with Gasteiger partial charge < -0.3 is 14.9 Å². The molecule has 0 radical (unpaired) electrons. The Hall–Kier alpha value is -2.89. The molecule has 2 N–H and O–H groups in total. The Bertz CT molecular complexity index is 1050. The first kappa shape index (κ1) is 16.6. The maximum absolute atomic E-state index is 12.7. The van der Waals surface area contributed by atoms with E-state index in [2.05, 4.69) is 21.4 Å². The Morgan fingerprint density at radius 3 is 2.85 bits per heavy atom. The van der Waals surface area contributed by atoms with Crippen molar-refractivity contribution in [3.8, 4) is 11.4 Å². The third-order valence-electron chi connectivity index (χ3n) is 5.04. The van der Waals surface area contributed by atoms with Crippen molar-refractivity contribution < 1.29 is 4.79 Å². The zero-order valence-corrected chi connectivity index (χ0v) is 15.0. The van der Waals surface area contributed by atoms with Crippen LogP contribution in [0.2, 0.25) is 0 Å². The molecule has 26 heavy (non-hydrogen) atoms. The molecule has 1 saturated heterocycles. The molecule has 1 atom stereocenters. The average Bonchev–Trinajstić information content (AvgIpc) is 2.97. The van der Waals surface area contributed by atoms with Gasteiger partial charge >= 0.3 is 0 Å². The predicted molar refractivity (Wildman–Crippen MR) is 101 cm³/mol. The van der Waals surface area contributed by atoms with Gasteiger partial charge in [-0.2, -0.15) is 0 Å². The molecule has 1 aromatic carbocycles. The van der Waals surface area contributed by atoms with Crippen LogP contribution in [0.15, 0.2) is 35.4 Å². The van der Waals surface area contributed by atoms with Crippen LogP contribution in [0.4, 0.5) is 0 Å². The number of imidazole rings is 1. The summed E-state index contributed by atoms with van der Waals surface area (Å²) >= 11 is 0. The first-order valence-corrected chi connectivity index (χ1v) is 9.00. The Labute approximate surface area is 151 Å². The molecule has 6 heteroatoms. The normalized spacial score (nSPS) is 17.9. The molecule has 0 bridgehead atoms. The second-order valence-electron chi connectivity index (χ2n) is 7.02. The van der Waals surface area contributed by atoms with Gasteiger partial charge in [0.2, 0.25) is 5.91 Å². The molecule has 3 aromatic rings. The zero-order chi connectivity index (χ0) is 18.3. The summed E-state index contributed by atoms with van der Waals surface area (Å²) in [6.45, 7) is 4.73. The number of carbonyl (C=O) groups excluding carboxylic acids is 1. The predicted octanol–water partition coefficient (Wildman–Crippen LogP) is 2.85. The van der Waals surface area contributed by atoms with E-state index in [0.29, 0.717) is 17.9 Å². The lowest BCUT2D eigenvalue weighted by Crippen LogP contribution is -2.31. The number of benzene rings is 1. The Kier molecular flexibility index (Phi) is 4.11. The summed E-state index contributed by atoms with van der Waals surface area (Å²) in [5.41, 5.74) is 3.32. The van der Waals surface area contributed by atoms with E-state index >= 15 is 0 Å². The lowest BCUT2D eigenvalue weighted by Gasteiger charge is -2.17. The molecule has 1 aliphatic rings. The molecule has 6 nitrogen and oxygen atoms in total. The minimum absolute atomic E-state index is 0.00865. The van der Waals surface area contributed by atoms with Crippen LogP contribution in [0.3, 0.4) is 0 Å². The Balaban J connectivity index is 1.87. The molecule has 1 aliphatic heterocycles. The quantitative estimate of drug-likeness (QED) is 0.746. The van der Waals surface area contributed by atoms with Gasteiger partial charge in [-0.05, 0) is 56.2 Å². The van der Waals surface area contributed by atoms with Gasteiger partial charge in [-0.15, -0.1) is 0 Å². The van der Waals surface area contributed by atoms with Crippen molar-refractivity contribution >= 4 is 16.8 Å². The second kappa shape index (κ2) is 6.44. The molecule has 134 valence electrons. The van der Waals surface area contributed by atoms with Crippen LogP contribution in [0, 0.1) is 13.8 Å². The zero-order valence-electron chi connectivity index (χ0n) is 15.0. The number of hydrogen-bond donors (Lipinski definition) is 2. The van der Waals surface area contributed by atoms with Crippen molar-refractivity contribution in [3.63, 3.8) is 0 Å². The Morgan fingerprint density at radius 1 is 1.15 bits per heavy atom. The highest BCUT2D eigenvalue weighted by Gasteiger charge is 2.25. The van der Waals surface area contributed by atoms with Crippen LogP contribution in [0.1, 0.15) is 36.4 Å². The average molecular weight is 350 g/mol. The topological polar surface area (TPSA) is 79.8 Å².